The van der Waals surface area contributed by atoms with Crippen LogP contribution in [-0.2, 0) is 0 Å². The molecular weight excluding hydrogens is 350 g/mol. The minimum atomic E-state index is -0.253. The molecule has 3 aromatic rings. The van der Waals surface area contributed by atoms with Crippen LogP contribution in [0.1, 0.15) is 59.2 Å². The fourth-order valence-electron chi connectivity index (χ4n) is 2.98. The lowest BCUT2D eigenvalue weighted by atomic mass is 10.0. The Balaban J connectivity index is 1.72. The van der Waals surface area contributed by atoms with Crippen LogP contribution in [0.3, 0.4) is 0 Å². The molecule has 1 heterocycles. The Kier molecular flexibility index (Phi) is 5.27. The van der Waals surface area contributed by atoms with E-state index in [-0.39, 0.29) is 17.4 Å². The van der Waals surface area contributed by atoms with Crippen LogP contribution >= 0.6 is 0 Å². The zero-order valence-corrected chi connectivity index (χ0v) is 17.1. The van der Waals surface area contributed by atoms with Crippen LogP contribution in [0.4, 0.5) is 5.69 Å². The van der Waals surface area contributed by atoms with Crippen molar-refractivity contribution in [3.05, 3.63) is 64.8 Å². The average molecular weight is 377 g/mol. The van der Waals surface area contributed by atoms with E-state index in [1.807, 2.05) is 52.8 Å². The first-order chi connectivity index (χ1) is 13.2. The van der Waals surface area contributed by atoms with Crippen molar-refractivity contribution in [2.75, 3.05) is 5.32 Å². The van der Waals surface area contributed by atoms with Crippen molar-refractivity contribution in [3.63, 3.8) is 0 Å². The highest BCUT2D eigenvalue weighted by molar-refractivity contribution is 6.07. The number of carbonyl (C=O) groups is 2. The third-order valence-corrected chi connectivity index (χ3v) is 5.31. The van der Waals surface area contributed by atoms with Gasteiger partial charge in [-0.2, -0.15) is 0 Å². The number of H-pyrrole nitrogens is 1. The number of nitrogens with one attached hydrogen (secondary N) is 3. The summed E-state index contributed by atoms with van der Waals surface area (Å²) in [6.45, 7) is 10.1. The molecule has 0 bridgehead atoms. The van der Waals surface area contributed by atoms with Gasteiger partial charge in [-0.25, -0.2) is 0 Å². The number of benzene rings is 2. The maximum absolute atomic E-state index is 12.6. The Bertz CT molecular complexity index is 1030. The highest BCUT2D eigenvalue weighted by atomic mass is 16.2. The average Bonchev–Trinajstić information content (AvgIpc) is 2.95. The van der Waals surface area contributed by atoms with E-state index in [0.29, 0.717) is 16.8 Å². The van der Waals surface area contributed by atoms with Gasteiger partial charge in [0, 0.05) is 39.0 Å². The normalized spacial score (nSPS) is 11.5. The standard InChI is InChI=1S/C23H27N3O2/c1-6-23(4,5)26-22(28)16-7-10-18(11-8-16)25-21(27)17-9-12-20-19(13-17)14(2)15(3)24-20/h7-13,24H,6H2,1-5H3,(H,25,27)(H,26,28). The van der Waals surface area contributed by atoms with Gasteiger partial charge in [0.2, 0.25) is 0 Å². The van der Waals surface area contributed by atoms with E-state index in [0.717, 1.165) is 28.6 Å². The van der Waals surface area contributed by atoms with Crippen LogP contribution in [0, 0.1) is 13.8 Å². The number of aromatic amines is 1. The second kappa shape index (κ2) is 7.50. The van der Waals surface area contributed by atoms with Gasteiger partial charge in [-0.1, -0.05) is 6.92 Å². The van der Waals surface area contributed by atoms with E-state index in [4.69, 9.17) is 0 Å². The van der Waals surface area contributed by atoms with Gasteiger partial charge in [-0.3, -0.25) is 9.59 Å². The molecule has 2 amide bonds. The van der Waals surface area contributed by atoms with E-state index in [9.17, 15) is 9.59 Å². The van der Waals surface area contributed by atoms with Crippen LogP contribution in [-0.4, -0.2) is 22.3 Å². The Morgan fingerprint density at radius 3 is 2.25 bits per heavy atom. The summed E-state index contributed by atoms with van der Waals surface area (Å²) in [4.78, 5) is 28.3. The van der Waals surface area contributed by atoms with Crippen LogP contribution in [0.2, 0.25) is 0 Å². The van der Waals surface area contributed by atoms with E-state index < -0.39 is 0 Å². The van der Waals surface area contributed by atoms with Crippen LogP contribution in [0.5, 0.6) is 0 Å². The highest BCUT2D eigenvalue weighted by Crippen LogP contribution is 2.23. The van der Waals surface area contributed by atoms with Gasteiger partial charge in [-0.05, 0) is 82.1 Å². The number of aromatic nitrogens is 1. The van der Waals surface area contributed by atoms with Crippen molar-refractivity contribution in [1.29, 1.82) is 0 Å². The lowest BCUT2D eigenvalue weighted by Crippen LogP contribution is -2.42. The molecule has 0 aliphatic heterocycles. The largest absolute Gasteiger partial charge is 0.358 e. The van der Waals surface area contributed by atoms with Crippen molar-refractivity contribution < 1.29 is 9.59 Å². The van der Waals surface area contributed by atoms with Crippen LogP contribution < -0.4 is 10.6 Å². The lowest BCUT2D eigenvalue weighted by molar-refractivity contribution is 0.0911. The molecule has 0 spiro atoms. The first kappa shape index (κ1) is 19.7. The summed E-state index contributed by atoms with van der Waals surface area (Å²) in [5.74, 6) is -0.294. The van der Waals surface area contributed by atoms with Gasteiger partial charge in [0.1, 0.15) is 0 Å². The molecule has 3 rings (SSSR count). The fourth-order valence-corrected chi connectivity index (χ4v) is 2.98. The summed E-state index contributed by atoms with van der Waals surface area (Å²) in [6.07, 6.45) is 0.845. The van der Waals surface area contributed by atoms with Crippen LogP contribution in [0.25, 0.3) is 10.9 Å². The first-order valence-electron chi connectivity index (χ1n) is 9.53. The molecule has 0 saturated carbocycles. The molecule has 0 atom stereocenters. The molecule has 0 saturated heterocycles. The highest BCUT2D eigenvalue weighted by Gasteiger charge is 2.18. The first-order valence-corrected chi connectivity index (χ1v) is 9.53. The quantitative estimate of drug-likeness (QED) is 0.588. The number of aryl methyl sites for hydroxylation is 2. The summed E-state index contributed by atoms with van der Waals surface area (Å²) < 4.78 is 0. The molecule has 0 aliphatic carbocycles. The number of hydrogen-bond donors (Lipinski definition) is 3. The molecule has 5 nitrogen and oxygen atoms in total. The number of amides is 2. The molecule has 0 aliphatic rings. The number of rotatable bonds is 5. The summed E-state index contributed by atoms with van der Waals surface area (Å²) in [7, 11) is 0. The van der Waals surface area contributed by atoms with Gasteiger partial charge >= 0.3 is 0 Å². The molecule has 0 fully saturated rings. The fraction of sp³-hybridized carbons (Fsp3) is 0.304. The number of fused-ring (bicyclic) bond motifs is 1. The van der Waals surface area contributed by atoms with Crippen LogP contribution in [0.15, 0.2) is 42.5 Å². The monoisotopic (exact) mass is 377 g/mol. The van der Waals surface area contributed by atoms with Crippen molar-refractivity contribution in [2.24, 2.45) is 0 Å². The molecule has 146 valence electrons. The maximum atomic E-state index is 12.6. The van der Waals surface area contributed by atoms with Gasteiger partial charge < -0.3 is 15.6 Å². The van der Waals surface area contributed by atoms with Gasteiger partial charge in [0.25, 0.3) is 11.8 Å². The molecule has 0 radical (unpaired) electrons. The van der Waals surface area contributed by atoms with Crippen molar-refractivity contribution >= 4 is 28.4 Å². The zero-order valence-electron chi connectivity index (χ0n) is 17.1. The Hall–Kier alpha value is -3.08. The number of hydrogen-bond acceptors (Lipinski definition) is 2. The molecule has 28 heavy (non-hydrogen) atoms. The maximum Gasteiger partial charge on any atom is 0.255 e. The number of anilines is 1. The van der Waals surface area contributed by atoms with E-state index in [1.54, 1.807) is 24.3 Å². The molecule has 5 heteroatoms. The number of carbonyl (C=O) groups excluding carboxylic acids is 2. The van der Waals surface area contributed by atoms with E-state index >= 15 is 0 Å². The summed E-state index contributed by atoms with van der Waals surface area (Å²) in [5, 5.41) is 6.95. The Morgan fingerprint density at radius 1 is 0.964 bits per heavy atom. The second-order valence-corrected chi connectivity index (χ2v) is 7.86. The van der Waals surface area contributed by atoms with Crippen molar-refractivity contribution in [3.8, 4) is 0 Å². The molecular formula is C23H27N3O2. The Morgan fingerprint density at radius 2 is 1.61 bits per heavy atom. The molecule has 0 unspecified atom stereocenters. The second-order valence-electron chi connectivity index (χ2n) is 7.86. The summed E-state index contributed by atoms with van der Waals surface area (Å²) >= 11 is 0. The van der Waals surface area contributed by atoms with Crippen molar-refractivity contribution in [1.82, 2.24) is 10.3 Å². The van der Waals surface area contributed by atoms with Gasteiger partial charge in [0.05, 0.1) is 0 Å². The summed E-state index contributed by atoms with van der Waals surface area (Å²) in [5.41, 5.74) is 4.84. The molecule has 3 N–H and O–H groups in total. The predicted molar refractivity (Wildman–Crippen MR) is 114 cm³/mol. The minimum absolute atomic E-state index is 0.117. The lowest BCUT2D eigenvalue weighted by Gasteiger charge is -2.24. The third kappa shape index (κ3) is 4.09. The van der Waals surface area contributed by atoms with E-state index in [2.05, 4.69) is 15.6 Å². The molecule has 1 aromatic heterocycles. The predicted octanol–water partition coefficient (Wildman–Crippen LogP) is 4.96. The van der Waals surface area contributed by atoms with E-state index in [1.165, 1.54) is 0 Å². The third-order valence-electron chi connectivity index (χ3n) is 5.31. The van der Waals surface area contributed by atoms with Gasteiger partial charge in [0.15, 0.2) is 0 Å². The smallest absolute Gasteiger partial charge is 0.255 e. The van der Waals surface area contributed by atoms with Crippen molar-refractivity contribution in [2.45, 2.75) is 46.6 Å². The topological polar surface area (TPSA) is 74.0 Å². The molecule has 2 aromatic carbocycles. The Labute approximate surface area is 165 Å². The van der Waals surface area contributed by atoms with Gasteiger partial charge in [-0.15, -0.1) is 0 Å². The minimum Gasteiger partial charge on any atom is -0.358 e. The summed E-state index contributed by atoms with van der Waals surface area (Å²) in [6, 6.07) is 12.6. The SMILES string of the molecule is CCC(C)(C)NC(=O)c1ccc(NC(=O)c2ccc3[nH]c(C)c(C)c3c2)cc1. The zero-order chi connectivity index (χ0) is 20.5.